The lowest BCUT2D eigenvalue weighted by Crippen LogP contribution is -2.55. The standard InChI is InChI=1S/C16H24N2O2/c1-19-15-4-2-14(3-5-15)16(6-8-17-9-7-16)18-10-12-20-13-11-18/h2-5,17H,6-13H2,1H3. The zero-order chi connectivity index (χ0) is 13.8. The van der Waals surface area contributed by atoms with Gasteiger partial charge < -0.3 is 14.8 Å². The molecule has 3 rings (SSSR count). The molecule has 1 aromatic rings. The number of benzene rings is 1. The van der Waals surface area contributed by atoms with E-state index in [1.807, 2.05) is 0 Å². The Balaban J connectivity index is 1.90. The second-order valence-electron chi connectivity index (χ2n) is 5.61. The van der Waals surface area contributed by atoms with Gasteiger partial charge in [-0.1, -0.05) is 12.1 Å². The first-order valence-corrected chi connectivity index (χ1v) is 7.53. The second-order valence-corrected chi connectivity index (χ2v) is 5.61. The topological polar surface area (TPSA) is 33.7 Å². The van der Waals surface area contributed by atoms with E-state index in [0.29, 0.717) is 0 Å². The maximum absolute atomic E-state index is 5.53. The predicted molar refractivity (Wildman–Crippen MR) is 79.2 cm³/mol. The van der Waals surface area contributed by atoms with E-state index >= 15 is 0 Å². The number of hydrogen-bond donors (Lipinski definition) is 1. The largest absolute Gasteiger partial charge is 0.497 e. The Hall–Kier alpha value is -1.10. The molecule has 2 heterocycles. The van der Waals surface area contributed by atoms with Crippen molar-refractivity contribution in [1.82, 2.24) is 10.2 Å². The van der Waals surface area contributed by atoms with Gasteiger partial charge in [0, 0.05) is 18.6 Å². The highest BCUT2D eigenvalue weighted by Crippen LogP contribution is 2.38. The summed E-state index contributed by atoms with van der Waals surface area (Å²) in [5.41, 5.74) is 1.59. The number of rotatable bonds is 3. The van der Waals surface area contributed by atoms with Crippen molar-refractivity contribution in [3.05, 3.63) is 29.8 Å². The minimum atomic E-state index is 0.168. The van der Waals surface area contributed by atoms with Gasteiger partial charge in [-0.25, -0.2) is 0 Å². The molecule has 0 radical (unpaired) electrons. The van der Waals surface area contributed by atoms with Crippen LogP contribution in [0.3, 0.4) is 0 Å². The third kappa shape index (κ3) is 2.55. The fourth-order valence-corrected chi connectivity index (χ4v) is 3.52. The van der Waals surface area contributed by atoms with E-state index in [1.165, 1.54) is 18.4 Å². The van der Waals surface area contributed by atoms with Crippen molar-refractivity contribution < 1.29 is 9.47 Å². The molecule has 1 aromatic carbocycles. The van der Waals surface area contributed by atoms with Crippen molar-refractivity contribution >= 4 is 0 Å². The van der Waals surface area contributed by atoms with Gasteiger partial charge in [0.15, 0.2) is 0 Å². The first-order chi connectivity index (χ1) is 9.85. The van der Waals surface area contributed by atoms with Crippen LogP contribution in [-0.2, 0) is 10.3 Å². The third-order valence-electron chi connectivity index (χ3n) is 4.67. The van der Waals surface area contributed by atoms with Crippen molar-refractivity contribution in [1.29, 1.82) is 0 Å². The maximum Gasteiger partial charge on any atom is 0.118 e. The minimum Gasteiger partial charge on any atom is -0.497 e. The van der Waals surface area contributed by atoms with E-state index in [-0.39, 0.29) is 5.54 Å². The van der Waals surface area contributed by atoms with Crippen LogP contribution in [0.1, 0.15) is 18.4 Å². The lowest BCUT2D eigenvalue weighted by molar-refractivity contribution is -0.0376. The summed E-state index contributed by atoms with van der Waals surface area (Å²) in [4.78, 5) is 2.62. The number of nitrogens with one attached hydrogen (secondary N) is 1. The molecule has 2 saturated heterocycles. The second kappa shape index (κ2) is 6.12. The first-order valence-electron chi connectivity index (χ1n) is 7.53. The zero-order valence-corrected chi connectivity index (χ0v) is 12.2. The van der Waals surface area contributed by atoms with Crippen LogP contribution < -0.4 is 10.1 Å². The molecule has 0 saturated carbocycles. The lowest BCUT2D eigenvalue weighted by Gasteiger charge is -2.48. The fourth-order valence-electron chi connectivity index (χ4n) is 3.52. The molecule has 0 bridgehead atoms. The number of ether oxygens (including phenoxy) is 2. The number of piperidine rings is 1. The molecule has 0 spiro atoms. The summed E-state index contributed by atoms with van der Waals surface area (Å²) in [7, 11) is 1.72. The van der Waals surface area contributed by atoms with Crippen LogP contribution in [0.2, 0.25) is 0 Å². The van der Waals surface area contributed by atoms with E-state index in [9.17, 15) is 0 Å². The van der Waals surface area contributed by atoms with Crippen LogP contribution in [0.4, 0.5) is 0 Å². The third-order valence-corrected chi connectivity index (χ3v) is 4.67. The van der Waals surface area contributed by atoms with E-state index in [4.69, 9.17) is 9.47 Å². The van der Waals surface area contributed by atoms with Crippen molar-refractivity contribution in [3.63, 3.8) is 0 Å². The monoisotopic (exact) mass is 276 g/mol. The quantitative estimate of drug-likeness (QED) is 0.909. The van der Waals surface area contributed by atoms with Gasteiger partial charge in [-0.05, 0) is 43.6 Å². The van der Waals surface area contributed by atoms with Crippen LogP contribution in [0.25, 0.3) is 0 Å². The molecule has 0 unspecified atom stereocenters. The van der Waals surface area contributed by atoms with Gasteiger partial charge in [-0.3, -0.25) is 4.90 Å². The molecule has 4 heteroatoms. The van der Waals surface area contributed by atoms with Crippen molar-refractivity contribution in [3.8, 4) is 5.75 Å². The van der Waals surface area contributed by atoms with Gasteiger partial charge >= 0.3 is 0 Å². The van der Waals surface area contributed by atoms with Crippen LogP contribution >= 0.6 is 0 Å². The Morgan fingerprint density at radius 2 is 1.75 bits per heavy atom. The van der Waals surface area contributed by atoms with Crippen LogP contribution in [-0.4, -0.2) is 51.4 Å². The molecule has 0 aliphatic carbocycles. The summed E-state index contributed by atoms with van der Waals surface area (Å²) in [5, 5.41) is 3.49. The minimum absolute atomic E-state index is 0.168. The molecule has 2 fully saturated rings. The Morgan fingerprint density at radius 1 is 1.10 bits per heavy atom. The molecule has 0 atom stereocenters. The normalized spacial score (nSPS) is 23.4. The lowest BCUT2D eigenvalue weighted by atomic mass is 9.79. The van der Waals surface area contributed by atoms with Crippen molar-refractivity contribution in [2.45, 2.75) is 18.4 Å². The SMILES string of the molecule is COc1ccc(C2(N3CCOCC3)CCNCC2)cc1. The molecule has 4 nitrogen and oxygen atoms in total. The highest BCUT2D eigenvalue weighted by atomic mass is 16.5. The number of nitrogens with zero attached hydrogens (tertiary/aromatic N) is 1. The van der Waals surface area contributed by atoms with Gasteiger partial charge in [0.2, 0.25) is 0 Å². The first kappa shape index (κ1) is 13.9. The zero-order valence-electron chi connectivity index (χ0n) is 12.2. The van der Waals surface area contributed by atoms with E-state index < -0.39 is 0 Å². The Morgan fingerprint density at radius 3 is 2.35 bits per heavy atom. The molecule has 0 aromatic heterocycles. The average molecular weight is 276 g/mol. The van der Waals surface area contributed by atoms with Crippen LogP contribution in [0.5, 0.6) is 5.75 Å². The Kier molecular flexibility index (Phi) is 4.24. The van der Waals surface area contributed by atoms with Gasteiger partial charge in [-0.2, -0.15) is 0 Å². The number of hydrogen-bond acceptors (Lipinski definition) is 4. The molecular formula is C16H24N2O2. The summed E-state index contributed by atoms with van der Waals surface area (Å²) < 4.78 is 10.8. The van der Waals surface area contributed by atoms with Gasteiger partial charge in [0.1, 0.15) is 5.75 Å². The van der Waals surface area contributed by atoms with Crippen LogP contribution in [0.15, 0.2) is 24.3 Å². The molecular weight excluding hydrogens is 252 g/mol. The summed E-state index contributed by atoms with van der Waals surface area (Å²) in [6.07, 6.45) is 2.33. The van der Waals surface area contributed by atoms with E-state index in [0.717, 1.165) is 45.1 Å². The fraction of sp³-hybridized carbons (Fsp3) is 0.625. The smallest absolute Gasteiger partial charge is 0.118 e. The Bertz CT molecular complexity index is 421. The van der Waals surface area contributed by atoms with Crippen molar-refractivity contribution in [2.24, 2.45) is 0 Å². The van der Waals surface area contributed by atoms with Gasteiger partial charge in [0.05, 0.1) is 20.3 Å². The molecule has 0 amide bonds. The summed E-state index contributed by atoms with van der Waals surface area (Å²) in [6.45, 7) is 5.95. The summed E-state index contributed by atoms with van der Waals surface area (Å²) in [5.74, 6) is 0.930. The van der Waals surface area contributed by atoms with Crippen molar-refractivity contribution in [2.75, 3.05) is 46.5 Å². The van der Waals surface area contributed by atoms with E-state index in [2.05, 4.69) is 34.5 Å². The molecule has 110 valence electrons. The van der Waals surface area contributed by atoms with Gasteiger partial charge in [0.25, 0.3) is 0 Å². The predicted octanol–water partition coefficient (Wildman–Crippen LogP) is 1.61. The average Bonchev–Trinajstić information content (AvgIpc) is 2.56. The summed E-state index contributed by atoms with van der Waals surface area (Å²) in [6, 6.07) is 8.64. The molecule has 2 aliphatic rings. The number of methoxy groups -OCH3 is 1. The maximum atomic E-state index is 5.53. The molecule has 20 heavy (non-hydrogen) atoms. The molecule has 2 aliphatic heterocycles. The van der Waals surface area contributed by atoms with Gasteiger partial charge in [-0.15, -0.1) is 0 Å². The summed E-state index contributed by atoms with van der Waals surface area (Å²) >= 11 is 0. The van der Waals surface area contributed by atoms with Crippen LogP contribution in [0, 0.1) is 0 Å². The highest BCUT2D eigenvalue weighted by molar-refractivity contribution is 5.32. The number of morpholine rings is 1. The Labute approximate surface area is 121 Å². The van der Waals surface area contributed by atoms with E-state index in [1.54, 1.807) is 7.11 Å². The highest BCUT2D eigenvalue weighted by Gasteiger charge is 2.40. The molecule has 1 N–H and O–H groups in total.